The van der Waals surface area contributed by atoms with E-state index in [2.05, 4.69) is 10.4 Å². The molecule has 15 heteroatoms. The highest BCUT2D eigenvalue weighted by Crippen LogP contribution is 2.64. The van der Waals surface area contributed by atoms with E-state index >= 15 is 4.79 Å². The maximum absolute atomic E-state index is 15.2. The topological polar surface area (TPSA) is 137 Å². The molecule has 1 saturated carbocycles. The summed E-state index contributed by atoms with van der Waals surface area (Å²) in [6, 6.07) is 19.3. The van der Waals surface area contributed by atoms with Crippen LogP contribution in [0.25, 0.3) is 0 Å². The monoisotopic (exact) mass is 788 g/mol. The Labute approximate surface area is 321 Å². The lowest BCUT2D eigenvalue weighted by Crippen LogP contribution is -2.53. The number of hydrazine groups is 1. The van der Waals surface area contributed by atoms with Gasteiger partial charge >= 0.3 is 6.18 Å². The molecule has 10 nitrogen and oxygen atoms in total. The Kier molecular flexibility index (Phi) is 8.65. The maximum atomic E-state index is 15.2. The number of amides is 4. The number of halogens is 5. The quantitative estimate of drug-likeness (QED) is 0.116. The molecule has 2 aliphatic heterocycles. The minimum atomic E-state index is -4.76. The molecule has 1 aromatic heterocycles. The smallest absolute Gasteiger partial charge is 0.417 e. The number of aromatic hydroxyl groups is 1. The number of nitrogens with one attached hydrogen (secondary N) is 1. The van der Waals surface area contributed by atoms with Crippen LogP contribution < -0.4 is 10.3 Å². The first-order valence-electron chi connectivity index (χ1n) is 17.2. The number of aromatic nitrogens is 1. The standard InChI is InChI=1S/C40H29Cl2F3N4O6/c1-19(50)20-2-10-25(11-3-20)48-35(52)28-15-14-27-29(32(28)37(48)54)17-30-36(53)49(47-34-31(42)16-23(18-46-34)40(43,44)45)38(55)39(30,22-6-8-24(41)9-7-22)33(27)21-4-12-26(51)13-5-21/h2-14,16,18,28-30,32-33,51H,15,17H2,1H3,(H,46,47). The number of fused-ring (bicyclic) bond motifs is 4. The van der Waals surface area contributed by atoms with E-state index in [-0.39, 0.29) is 30.2 Å². The van der Waals surface area contributed by atoms with Gasteiger partial charge in [-0.1, -0.05) is 59.1 Å². The summed E-state index contributed by atoms with van der Waals surface area (Å²) < 4.78 is 40.4. The summed E-state index contributed by atoms with van der Waals surface area (Å²) in [5.41, 5.74) is 2.01. The van der Waals surface area contributed by atoms with Crippen LogP contribution in [0.1, 0.15) is 52.7 Å². The van der Waals surface area contributed by atoms with E-state index in [1.807, 2.05) is 6.08 Å². The number of phenols is 1. The molecular weight excluding hydrogens is 760 g/mol. The number of ketones is 1. The van der Waals surface area contributed by atoms with Crippen LogP contribution >= 0.6 is 23.2 Å². The van der Waals surface area contributed by atoms with Gasteiger partial charge in [0.05, 0.1) is 39.4 Å². The SMILES string of the molecule is CC(=O)c1ccc(N2C(=O)C3CC=C4C(CC5C(=O)N(Nc6ncc(C(F)(F)F)cc6Cl)C(=O)C5(c5ccc(Cl)cc5)C4c4ccc(O)cc4)C3C2=O)cc1. The van der Waals surface area contributed by atoms with Gasteiger partial charge in [0, 0.05) is 22.7 Å². The summed E-state index contributed by atoms with van der Waals surface area (Å²) >= 11 is 12.5. The van der Waals surface area contributed by atoms with Crippen molar-refractivity contribution in [1.82, 2.24) is 9.99 Å². The van der Waals surface area contributed by atoms with E-state index < -0.39 is 75.4 Å². The number of nitrogens with zero attached hydrogens (tertiary/aromatic N) is 3. The molecule has 3 heterocycles. The van der Waals surface area contributed by atoms with E-state index in [1.54, 1.807) is 36.4 Å². The first kappa shape index (κ1) is 36.4. The Balaban J connectivity index is 1.28. The van der Waals surface area contributed by atoms with Crippen molar-refractivity contribution in [3.63, 3.8) is 0 Å². The third-order valence-corrected chi connectivity index (χ3v) is 11.9. The number of pyridine rings is 1. The van der Waals surface area contributed by atoms with Crippen molar-refractivity contribution < 1.29 is 42.3 Å². The van der Waals surface area contributed by atoms with Crippen molar-refractivity contribution in [3.8, 4) is 5.75 Å². The summed E-state index contributed by atoms with van der Waals surface area (Å²) in [5.74, 6) is -7.60. The van der Waals surface area contributed by atoms with Gasteiger partial charge in [-0.25, -0.2) is 4.98 Å². The highest BCUT2D eigenvalue weighted by molar-refractivity contribution is 6.33. The Morgan fingerprint density at radius 2 is 1.58 bits per heavy atom. The number of phenolic OH excluding ortho intramolecular Hbond substituents is 1. The molecular formula is C40H29Cl2F3N4O6. The van der Waals surface area contributed by atoms with Crippen molar-refractivity contribution in [1.29, 1.82) is 0 Å². The van der Waals surface area contributed by atoms with Crippen LogP contribution in [0.3, 0.4) is 0 Å². The maximum Gasteiger partial charge on any atom is 0.417 e. The van der Waals surface area contributed by atoms with Crippen LogP contribution in [0.5, 0.6) is 5.75 Å². The fourth-order valence-corrected chi connectivity index (χ4v) is 9.26. The second kappa shape index (κ2) is 13.1. The molecule has 4 amide bonds. The molecule has 280 valence electrons. The second-order valence-electron chi connectivity index (χ2n) is 14.1. The summed E-state index contributed by atoms with van der Waals surface area (Å²) in [7, 11) is 0. The lowest BCUT2D eigenvalue weighted by molar-refractivity contribution is -0.139. The molecule has 6 atom stereocenters. The lowest BCUT2D eigenvalue weighted by Gasteiger charge is -2.50. The van der Waals surface area contributed by atoms with Gasteiger partial charge in [0.1, 0.15) is 5.75 Å². The molecule has 6 unspecified atom stereocenters. The first-order valence-corrected chi connectivity index (χ1v) is 18.0. The van der Waals surface area contributed by atoms with Crippen molar-refractivity contribution >= 4 is 64.1 Å². The predicted molar refractivity (Wildman–Crippen MR) is 194 cm³/mol. The summed E-state index contributed by atoms with van der Waals surface area (Å²) in [5, 5.41) is 10.9. The number of hydrogen-bond donors (Lipinski definition) is 2. The predicted octanol–water partition coefficient (Wildman–Crippen LogP) is 7.50. The van der Waals surface area contributed by atoms with E-state index in [9.17, 15) is 37.5 Å². The number of hydrogen-bond acceptors (Lipinski definition) is 8. The number of carbonyl (C=O) groups is 5. The van der Waals surface area contributed by atoms with Crippen molar-refractivity contribution in [2.75, 3.05) is 10.3 Å². The van der Waals surface area contributed by atoms with E-state index in [0.29, 0.717) is 50.2 Å². The summed E-state index contributed by atoms with van der Waals surface area (Å²) in [4.78, 5) is 75.3. The normalized spacial score (nSPS) is 26.1. The van der Waals surface area contributed by atoms with Gasteiger partial charge in [-0.05, 0) is 91.4 Å². The Morgan fingerprint density at radius 3 is 2.20 bits per heavy atom. The molecule has 3 aromatic carbocycles. The number of benzene rings is 3. The number of rotatable bonds is 6. The van der Waals surface area contributed by atoms with Crippen LogP contribution in [0.4, 0.5) is 24.7 Å². The minimum absolute atomic E-state index is 0.0583. The van der Waals surface area contributed by atoms with Gasteiger partial charge in [-0.2, -0.15) is 18.2 Å². The molecule has 0 radical (unpaired) electrons. The molecule has 3 fully saturated rings. The molecule has 8 rings (SSSR count). The third-order valence-electron chi connectivity index (χ3n) is 11.3. The molecule has 0 spiro atoms. The number of alkyl halides is 3. The fraction of sp³-hybridized carbons (Fsp3) is 0.250. The number of carbonyl (C=O) groups excluding carboxylic acids is 5. The largest absolute Gasteiger partial charge is 0.508 e. The van der Waals surface area contributed by atoms with Crippen LogP contribution in [0.15, 0.2) is 96.7 Å². The molecule has 55 heavy (non-hydrogen) atoms. The Hall–Kier alpha value is -5.53. The van der Waals surface area contributed by atoms with Gasteiger partial charge in [-0.3, -0.25) is 34.3 Å². The zero-order valence-electron chi connectivity index (χ0n) is 28.7. The van der Waals surface area contributed by atoms with Crippen LogP contribution in [0.2, 0.25) is 10.0 Å². The van der Waals surface area contributed by atoms with E-state index in [0.717, 1.165) is 4.90 Å². The molecule has 2 aliphatic carbocycles. The highest BCUT2D eigenvalue weighted by Gasteiger charge is 2.70. The lowest BCUT2D eigenvalue weighted by atomic mass is 9.49. The number of Topliss-reactive ketones (excluding diaryl/α,β-unsaturated/α-hetero) is 1. The zero-order valence-corrected chi connectivity index (χ0v) is 30.2. The van der Waals surface area contributed by atoms with Gasteiger partial charge in [-0.15, -0.1) is 0 Å². The van der Waals surface area contributed by atoms with Crippen molar-refractivity contribution in [2.45, 2.75) is 37.3 Å². The highest BCUT2D eigenvalue weighted by atomic mass is 35.5. The molecule has 0 bridgehead atoms. The number of anilines is 2. The average molecular weight is 790 g/mol. The first-order chi connectivity index (χ1) is 26.1. The van der Waals surface area contributed by atoms with Crippen LogP contribution in [-0.2, 0) is 30.8 Å². The molecule has 2 saturated heterocycles. The molecule has 4 aromatic rings. The molecule has 2 N–H and O–H groups in total. The minimum Gasteiger partial charge on any atom is -0.508 e. The van der Waals surface area contributed by atoms with Gasteiger partial charge in [0.15, 0.2) is 11.6 Å². The van der Waals surface area contributed by atoms with Gasteiger partial charge in [0.25, 0.3) is 11.8 Å². The average Bonchev–Trinajstić information content (AvgIpc) is 3.53. The number of imide groups is 2. The van der Waals surface area contributed by atoms with Crippen molar-refractivity contribution in [3.05, 3.63) is 129 Å². The van der Waals surface area contributed by atoms with Crippen molar-refractivity contribution in [2.24, 2.45) is 23.7 Å². The van der Waals surface area contributed by atoms with E-state index in [4.69, 9.17) is 23.2 Å². The zero-order chi connectivity index (χ0) is 39.1. The number of allylic oxidation sites excluding steroid dienone is 2. The summed E-state index contributed by atoms with van der Waals surface area (Å²) in [6.45, 7) is 1.40. The van der Waals surface area contributed by atoms with E-state index in [1.165, 1.54) is 43.3 Å². The summed E-state index contributed by atoms with van der Waals surface area (Å²) in [6.07, 6.45) is -2.28. The van der Waals surface area contributed by atoms with Crippen LogP contribution in [-0.4, -0.2) is 44.5 Å². The Bertz CT molecular complexity index is 2330. The van der Waals surface area contributed by atoms with Gasteiger partial charge < -0.3 is 5.11 Å². The van der Waals surface area contributed by atoms with Crippen LogP contribution in [0, 0.1) is 23.7 Å². The van der Waals surface area contributed by atoms with Gasteiger partial charge in [0.2, 0.25) is 11.8 Å². The Morgan fingerprint density at radius 1 is 0.909 bits per heavy atom. The fourth-order valence-electron chi connectivity index (χ4n) is 8.92. The third kappa shape index (κ3) is 5.62. The second-order valence-corrected chi connectivity index (χ2v) is 15.0. The molecule has 4 aliphatic rings.